The van der Waals surface area contributed by atoms with Gasteiger partial charge in [-0.05, 0) is 32.0 Å². The van der Waals surface area contributed by atoms with Crippen LogP contribution in [0.15, 0.2) is 18.2 Å². The molecule has 0 radical (unpaired) electrons. The molecule has 19 heavy (non-hydrogen) atoms. The molecule has 0 amide bonds. The van der Waals surface area contributed by atoms with E-state index in [9.17, 15) is 0 Å². The van der Waals surface area contributed by atoms with Gasteiger partial charge in [-0.15, -0.1) is 0 Å². The third-order valence-corrected chi connectivity index (χ3v) is 3.60. The Bertz CT molecular complexity index is 362. The highest BCUT2D eigenvalue weighted by Gasteiger charge is 2.07. The molecule has 0 spiro atoms. The van der Waals surface area contributed by atoms with Crippen molar-refractivity contribution in [3.05, 3.63) is 23.9 Å². The van der Waals surface area contributed by atoms with E-state index in [0.717, 1.165) is 25.3 Å². The van der Waals surface area contributed by atoms with E-state index >= 15 is 0 Å². The van der Waals surface area contributed by atoms with E-state index in [0.29, 0.717) is 5.88 Å². The molecule has 0 atom stereocenters. The quantitative estimate of drug-likeness (QED) is 0.797. The van der Waals surface area contributed by atoms with E-state index in [4.69, 9.17) is 4.74 Å². The van der Waals surface area contributed by atoms with Crippen molar-refractivity contribution >= 4 is 0 Å². The molecule has 0 bridgehead atoms. The second kappa shape index (κ2) is 8.12. The molecule has 1 saturated heterocycles. The summed E-state index contributed by atoms with van der Waals surface area (Å²) in [6.07, 6.45) is 5.52. The van der Waals surface area contributed by atoms with E-state index in [-0.39, 0.29) is 0 Å². The second-order valence-corrected chi connectivity index (χ2v) is 5.10. The zero-order valence-electron chi connectivity index (χ0n) is 11.9. The minimum absolute atomic E-state index is 0.687. The Morgan fingerprint density at radius 1 is 1.21 bits per heavy atom. The van der Waals surface area contributed by atoms with Gasteiger partial charge in [0.1, 0.15) is 0 Å². The van der Waals surface area contributed by atoms with Crippen LogP contribution in [-0.4, -0.2) is 43.2 Å². The van der Waals surface area contributed by atoms with Gasteiger partial charge >= 0.3 is 0 Å². The van der Waals surface area contributed by atoms with E-state index < -0.39 is 0 Å². The van der Waals surface area contributed by atoms with Crippen LogP contribution in [0, 0.1) is 0 Å². The monoisotopic (exact) mass is 263 g/mol. The molecule has 1 N–H and O–H groups in total. The van der Waals surface area contributed by atoms with Gasteiger partial charge in [-0.3, -0.25) is 0 Å². The van der Waals surface area contributed by atoms with Crippen molar-refractivity contribution in [3.63, 3.8) is 0 Å². The Labute approximate surface area is 116 Å². The van der Waals surface area contributed by atoms with Crippen molar-refractivity contribution in [3.8, 4) is 5.88 Å². The van der Waals surface area contributed by atoms with Gasteiger partial charge in [0, 0.05) is 25.7 Å². The van der Waals surface area contributed by atoms with Crippen molar-refractivity contribution < 1.29 is 4.74 Å². The van der Waals surface area contributed by atoms with Gasteiger partial charge in [0.2, 0.25) is 5.88 Å². The highest BCUT2D eigenvalue weighted by Crippen LogP contribution is 2.09. The number of aromatic nitrogens is 1. The molecule has 4 nitrogen and oxygen atoms in total. The number of rotatable bonds is 6. The number of likely N-dealkylation sites (tertiary alicyclic amines) is 1. The summed E-state index contributed by atoms with van der Waals surface area (Å²) >= 11 is 0. The third kappa shape index (κ3) is 5.17. The molecular weight excluding hydrogens is 238 g/mol. The molecule has 1 aliphatic heterocycles. The first-order valence-corrected chi connectivity index (χ1v) is 7.31. The summed E-state index contributed by atoms with van der Waals surface area (Å²) in [4.78, 5) is 6.96. The van der Waals surface area contributed by atoms with Gasteiger partial charge in [-0.1, -0.05) is 18.9 Å². The Balaban J connectivity index is 1.65. The van der Waals surface area contributed by atoms with Gasteiger partial charge in [-0.25, -0.2) is 4.98 Å². The van der Waals surface area contributed by atoms with Gasteiger partial charge in [-0.2, -0.15) is 0 Å². The van der Waals surface area contributed by atoms with Crippen LogP contribution in [0.2, 0.25) is 0 Å². The predicted molar refractivity (Wildman–Crippen MR) is 77.4 cm³/mol. The lowest BCUT2D eigenvalue weighted by Gasteiger charge is -2.19. The average Bonchev–Trinajstić information content (AvgIpc) is 2.72. The lowest BCUT2D eigenvalue weighted by atomic mass is 10.2. The smallest absolute Gasteiger partial charge is 0.213 e. The number of pyridine rings is 1. The molecule has 0 aliphatic carbocycles. The van der Waals surface area contributed by atoms with E-state index in [1.807, 2.05) is 18.2 Å². The molecule has 106 valence electrons. The normalized spacial score (nSPS) is 17.1. The number of ether oxygens (including phenoxy) is 1. The first-order valence-electron chi connectivity index (χ1n) is 7.31. The summed E-state index contributed by atoms with van der Waals surface area (Å²) in [6.45, 7) is 5.51. The van der Waals surface area contributed by atoms with Gasteiger partial charge in [0.25, 0.3) is 0 Å². The summed E-state index contributed by atoms with van der Waals surface area (Å²) < 4.78 is 5.12. The number of nitrogens with zero attached hydrogens (tertiary/aromatic N) is 2. The first-order chi connectivity index (χ1) is 9.38. The van der Waals surface area contributed by atoms with Crippen LogP contribution in [0.3, 0.4) is 0 Å². The van der Waals surface area contributed by atoms with E-state index in [1.165, 1.54) is 38.8 Å². The van der Waals surface area contributed by atoms with Crippen molar-refractivity contribution in [1.82, 2.24) is 15.2 Å². The van der Waals surface area contributed by atoms with Crippen molar-refractivity contribution in [1.29, 1.82) is 0 Å². The number of hydrogen-bond acceptors (Lipinski definition) is 4. The highest BCUT2D eigenvalue weighted by atomic mass is 16.5. The summed E-state index contributed by atoms with van der Waals surface area (Å²) in [6, 6.07) is 5.89. The SMILES string of the molecule is COc1cccc(CNCCN2CCCCCC2)n1. The standard InChI is InChI=1S/C15H25N3O/c1-19-15-8-6-7-14(17-15)13-16-9-12-18-10-4-2-3-5-11-18/h6-8,16H,2-5,9-13H2,1H3. The Kier molecular flexibility index (Phi) is 6.11. The Morgan fingerprint density at radius 2 is 2.00 bits per heavy atom. The highest BCUT2D eigenvalue weighted by molar-refractivity contribution is 5.15. The minimum Gasteiger partial charge on any atom is -0.481 e. The third-order valence-electron chi connectivity index (χ3n) is 3.60. The van der Waals surface area contributed by atoms with E-state index in [1.54, 1.807) is 7.11 Å². The molecule has 2 rings (SSSR count). The fourth-order valence-electron chi connectivity index (χ4n) is 2.48. The second-order valence-electron chi connectivity index (χ2n) is 5.10. The molecule has 1 fully saturated rings. The van der Waals surface area contributed by atoms with Gasteiger partial charge < -0.3 is 15.0 Å². The van der Waals surface area contributed by atoms with Crippen LogP contribution in [0.25, 0.3) is 0 Å². The number of nitrogens with one attached hydrogen (secondary N) is 1. The lowest BCUT2D eigenvalue weighted by molar-refractivity contribution is 0.284. The van der Waals surface area contributed by atoms with Crippen molar-refractivity contribution in [2.24, 2.45) is 0 Å². The average molecular weight is 263 g/mol. The van der Waals surface area contributed by atoms with Crippen LogP contribution >= 0.6 is 0 Å². The topological polar surface area (TPSA) is 37.4 Å². The summed E-state index contributed by atoms with van der Waals surface area (Å²) in [5.74, 6) is 0.687. The van der Waals surface area contributed by atoms with Crippen LogP contribution in [0.4, 0.5) is 0 Å². The molecular formula is C15H25N3O. The van der Waals surface area contributed by atoms with Crippen LogP contribution in [0.1, 0.15) is 31.4 Å². The minimum atomic E-state index is 0.687. The predicted octanol–water partition coefficient (Wildman–Crippen LogP) is 2.06. The molecule has 1 aromatic heterocycles. The van der Waals surface area contributed by atoms with E-state index in [2.05, 4.69) is 15.2 Å². The number of methoxy groups -OCH3 is 1. The van der Waals surface area contributed by atoms with Gasteiger partial charge in [0.15, 0.2) is 0 Å². The van der Waals surface area contributed by atoms with Crippen molar-refractivity contribution in [2.45, 2.75) is 32.2 Å². The van der Waals surface area contributed by atoms with Crippen LogP contribution < -0.4 is 10.1 Å². The molecule has 2 heterocycles. The fourth-order valence-corrected chi connectivity index (χ4v) is 2.48. The van der Waals surface area contributed by atoms with Gasteiger partial charge in [0.05, 0.1) is 12.8 Å². The molecule has 0 aromatic carbocycles. The maximum absolute atomic E-state index is 5.12. The maximum Gasteiger partial charge on any atom is 0.213 e. The molecule has 0 unspecified atom stereocenters. The molecule has 1 aliphatic rings. The van der Waals surface area contributed by atoms with Crippen molar-refractivity contribution in [2.75, 3.05) is 33.3 Å². The molecule has 0 saturated carbocycles. The lowest BCUT2D eigenvalue weighted by Crippen LogP contribution is -2.32. The zero-order chi connectivity index (χ0) is 13.3. The molecule has 1 aromatic rings. The van der Waals surface area contributed by atoms with Crippen LogP contribution in [-0.2, 0) is 6.54 Å². The summed E-state index contributed by atoms with van der Waals surface area (Å²) in [5.41, 5.74) is 1.04. The summed E-state index contributed by atoms with van der Waals surface area (Å²) in [5, 5.41) is 3.46. The largest absolute Gasteiger partial charge is 0.481 e. The Morgan fingerprint density at radius 3 is 2.74 bits per heavy atom. The molecule has 4 heteroatoms. The van der Waals surface area contributed by atoms with Crippen LogP contribution in [0.5, 0.6) is 5.88 Å². The summed E-state index contributed by atoms with van der Waals surface area (Å²) in [7, 11) is 1.65. The maximum atomic E-state index is 5.12. The first kappa shape index (κ1) is 14.3. The Hall–Kier alpha value is -1.13. The fraction of sp³-hybridized carbons (Fsp3) is 0.667. The zero-order valence-corrected chi connectivity index (χ0v) is 11.9. The number of hydrogen-bond donors (Lipinski definition) is 1.